The zero-order valence-corrected chi connectivity index (χ0v) is 22.4. The van der Waals surface area contributed by atoms with E-state index >= 15 is 0 Å². The number of hydrogen-bond acceptors (Lipinski definition) is 6. The van der Waals surface area contributed by atoms with Gasteiger partial charge < -0.3 is 19.3 Å². The Morgan fingerprint density at radius 3 is 2.55 bits per heavy atom. The molecular formula is C30H31N3O4S. The number of ether oxygens (including phenoxy) is 1. The number of carbonyl (C=O) groups excluding carboxylic acids is 2. The number of benzene rings is 2. The maximum Gasteiger partial charge on any atom is 0.344 e. The van der Waals surface area contributed by atoms with Crippen molar-refractivity contribution in [1.29, 1.82) is 0 Å². The van der Waals surface area contributed by atoms with Gasteiger partial charge in [0.05, 0.1) is 17.2 Å². The van der Waals surface area contributed by atoms with E-state index in [0.717, 1.165) is 42.4 Å². The predicted octanol–water partition coefficient (Wildman–Crippen LogP) is 6.09. The van der Waals surface area contributed by atoms with Crippen molar-refractivity contribution in [3.63, 3.8) is 0 Å². The number of likely N-dealkylation sites (tertiary alicyclic amines) is 1. The van der Waals surface area contributed by atoms with Gasteiger partial charge in [0.25, 0.3) is 0 Å². The first-order chi connectivity index (χ1) is 18.4. The van der Waals surface area contributed by atoms with E-state index < -0.39 is 5.97 Å². The topological polar surface area (TPSA) is 84.1 Å². The molecule has 2 aromatic carbocycles. The van der Waals surface area contributed by atoms with Crippen LogP contribution in [0.5, 0.6) is 0 Å². The van der Waals surface area contributed by atoms with Crippen LogP contribution in [0, 0.1) is 5.92 Å². The van der Waals surface area contributed by atoms with Crippen molar-refractivity contribution in [3.8, 4) is 0 Å². The molecular weight excluding hydrogens is 498 g/mol. The van der Waals surface area contributed by atoms with Gasteiger partial charge >= 0.3 is 5.97 Å². The second-order valence-electron chi connectivity index (χ2n) is 9.60. The van der Waals surface area contributed by atoms with Crippen LogP contribution in [0.25, 0.3) is 17.0 Å². The average molecular weight is 530 g/mol. The van der Waals surface area contributed by atoms with Crippen molar-refractivity contribution in [3.05, 3.63) is 82.6 Å². The normalized spacial score (nSPS) is 18.6. The Bertz CT molecular complexity index is 1450. The molecule has 5 rings (SSSR count). The fraction of sp³-hybridized carbons (Fsp3) is 0.300. The second kappa shape index (κ2) is 11.3. The number of rotatable bonds is 6. The average Bonchev–Trinajstić information content (AvgIpc) is 3.42. The number of aliphatic hydroxyl groups excluding tert-OH is 1. The first-order valence-electron chi connectivity index (χ1n) is 12.9. The van der Waals surface area contributed by atoms with Crippen LogP contribution in [0.1, 0.15) is 32.3 Å². The molecule has 0 bridgehead atoms. The molecule has 1 saturated heterocycles. The highest BCUT2D eigenvalue weighted by molar-refractivity contribution is 8.18. The molecule has 2 aliphatic rings. The number of hydrogen-bond donors (Lipinski definition) is 1. The van der Waals surface area contributed by atoms with Crippen molar-refractivity contribution in [2.75, 3.05) is 19.7 Å². The number of aliphatic hydroxyl groups is 1. The highest BCUT2D eigenvalue weighted by Gasteiger charge is 2.33. The summed E-state index contributed by atoms with van der Waals surface area (Å²) in [5.74, 6) is -0.00111. The fourth-order valence-electron chi connectivity index (χ4n) is 4.78. The van der Waals surface area contributed by atoms with Crippen LogP contribution in [-0.2, 0) is 20.9 Å². The zero-order chi connectivity index (χ0) is 26.6. The lowest BCUT2D eigenvalue weighted by molar-refractivity contribution is -0.138. The van der Waals surface area contributed by atoms with Gasteiger partial charge in [0.2, 0.25) is 5.91 Å². The molecule has 0 atom stereocenters. The van der Waals surface area contributed by atoms with E-state index in [1.165, 1.54) is 11.8 Å². The van der Waals surface area contributed by atoms with Crippen molar-refractivity contribution in [2.45, 2.75) is 33.2 Å². The molecule has 2 aliphatic heterocycles. The molecule has 1 N–H and O–H groups in total. The first-order valence-corrected chi connectivity index (χ1v) is 13.8. The van der Waals surface area contributed by atoms with E-state index in [9.17, 15) is 14.7 Å². The summed E-state index contributed by atoms with van der Waals surface area (Å²) in [5.41, 5.74) is 2.52. The molecule has 0 unspecified atom stereocenters. The summed E-state index contributed by atoms with van der Waals surface area (Å²) in [4.78, 5) is 32.9. The molecule has 3 heterocycles. The third kappa shape index (κ3) is 5.41. The van der Waals surface area contributed by atoms with Gasteiger partial charge in [-0.2, -0.15) is 0 Å². The third-order valence-corrected chi connectivity index (χ3v) is 7.92. The van der Waals surface area contributed by atoms with Gasteiger partial charge in [-0.15, -0.1) is 0 Å². The molecule has 1 aromatic heterocycles. The third-order valence-electron chi connectivity index (χ3n) is 6.91. The molecule has 7 nitrogen and oxygen atoms in total. The molecule has 0 saturated carbocycles. The second-order valence-corrected chi connectivity index (χ2v) is 10.6. The van der Waals surface area contributed by atoms with E-state index in [4.69, 9.17) is 4.74 Å². The van der Waals surface area contributed by atoms with Crippen LogP contribution >= 0.6 is 11.8 Å². The van der Waals surface area contributed by atoms with Crippen LogP contribution in [0.3, 0.4) is 0 Å². The number of amides is 1. The maximum atomic E-state index is 13.1. The number of nitrogens with zero attached hydrogens (tertiary/aromatic N) is 3. The standard InChI is InChI=1S/C30H31N3O4S/c1-3-37-30(36)27-28(35)25(38-29(27)31-22-9-5-4-6-10-22)17-21-18-33(24-12-8-7-11-23(21)24)19-26(34)32-15-13-20(2)14-16-32/h4-12,17-18,20,35H,3,13-16,19H2,1-2H3/b25-17-,31-29?. The molecule has 1 amide bonds. The predicted molar refractivity (Wildman–Crippen MR) is 152 cm³/mol. The lowest BCUT2D eigenvalue weighted by Gasteiger charge is -2.30. The Balaban J connectivity index is 1.49. The maximum absolute atomic E-state index is 13.1. The Hall–Kier alpha value is -3.78. The summed E-state index contributed by atoms with van der Waals surface area (Å²) >= 11 is 1.23. The molecule has 196 valence electrons. The summed E-state index contributed by atoms with van der Waals surface area (Å²) in [6.45, 7) is 5.99. The molecule has 0 radical (unpaired) electrons. The van der Waals surface area contributed by atoms with Crippen molar-refractivity contribution in [1.82, 2.24) is 9.47 Å². The summed E-state index contributed by atoms with van der Waals surface area (Å²) in [6, 6.07) is 17.2. The number of aliphatic imine (C=N–C) groups is 1. The summed E-state index contributed by atoms with van der Waals surface area (Å²) in [6.07, 6.45) is 5.85. The Morgan fingerprint density at radius 1 is 1.11 bits per heavy atom. The van der Waals surface area contributed by atoms with E-state index in [2.05, 4.69) is 11.9 Å². The lowest BCUT2D eigenvalue weighted by atomic mass is 9.99. The highest BCUT2D eigenvalue weighted by Crippen LogP contribution is 2.41. The zero-order valence-electron chi connectivity index (χ0n) is 21.6. The Kier molecular flexibility index (Phi) is 7.69. The van der Waals surface area contributed by atoms with Gasteiger partial charge in [0.1, 0.15) is 22.9 Å². The minimum absolute atomic E-state index is 0.0604. The minimum atomic E-state index is -0.612. The number of carbonyl (C=O) groups is 2. The smallest absolute Gasteiger partial charge is 0.344 e. The summed E-state index contributed by atoms with van der Waals surface area (Å²) in [5, 5.41) is 12.5. The van der Waals surface area contributed by atoms with Gasteiger partial charge in [0, 0.05) is 35.8 Å². The Morgan fingerprint density at radius 2 is 1.82 bits per heavy atom. The molecule has 1 fully saturated rings. The van der Waals surface area contributed by atoms with Crippen LogP contribution in [-0.4, -0.2) is 51.2 Å². The number of aromatic nitrogens is 1. The van der Waals surface area contributed by atoms with Gasteiger partial charge in [-0.05, 0) is 50.0 Å². The Labute approximate surface area is 226 Å². The van der Waals surface area contributed by atoms with Crippen LogP contribution < -0.4 is 0 Å². The largest absolute Gasteiger partial charge is 0.506 e. The van der Waals surface area contributed by atoms with E-state index in [1.54, 1.807) is 6.92 Å². The van der Waals surface area contributed by atoms with Crippen LogP contribution in [0.15, 0.2) is 82.0 Å². The van der Waals surface area contributed by atoms with E-state index in [0.29, 0.717) is 21.6 Å². The van der Waals surface area contributed by atoms with Gasteiger partial charge in [0.15, 0.2) is 0 Å². The van der Waals surface area contributed by atoms with Crippen molar-refractivity contribution < 1.29 is 19.4 Å². The monoisotopic (exact) mass is 529 g/mol. The lowest BCUT2D eigenvalue weighted by Crippen LogP contribution is -2.39. The molecule has 3 aromatic rings. The van der Waals surface area contributed by atoms with Crippen LogP contribution in [0.4, 0.5) is 5.69 Å². The van der Waals surface area contributed by atoms with E-state index in [-0.39, 0.29) is 30.4 Å². The number of esters is 1. The number of para-hydroxylation sites is 2. The number of piperidine rings is 1. The minimum Gasteiger partial charge on any atom is -0.506 e. The SMILES string of the molecule is CCOC(=O)C1=C(O)/C(=C/c2cn(CC(=O)N3CCC(C)CC3)c3ccccc23)SC1=Nc1ccccc1. The quantitative estimate of drug-likeness (QED) is 0.391. The van der Waals surface area contributed by atoms with Crippen molar-refractivity contribution >= 4 is 51.3 Å². The number of thioether (sulfide) groups is 1. The molecule has 38 heavy (non-hydrogen) atoms. The highest BCUT2D eigenvalue weighted by atomic mass is 32.2. The molecule has 0 aliphatic carbocycles. The fourth-order valence-corrected chi connectivity index (χ4v) is 5.80. The number of fused-ring (bicyclic) bond motifs is 1. The summed E-state index contributed by atoms with van der Waals surface area (Å²) in [7, 11) is 0. The molecule has 8 heteroatoms. The van der Waals surface area contributed by atoms with E-state index in [1.807, 2.05) is 76.3 Å². The molecule has 0 spiro atoms. The van der Waals surface area contributed by atoms with Gasteiger partial charge in [-0.1, -0.05) is 55.1 Å². The van der Waals surface area contributed by atoms with Crippen molar-refractivity contribution in [2.24, 2.45) is 10.9 Å². The van der Waals surface area contributed by atoms with Gasteiger partial charge in [-0.25, -0.2) is 9.79 Å². The summed E-state index contributed by atoms with van der Waals surface area (Å²) < 4.78 is 7.19. The van der Waals surface area contributed by atoms with Crippen LogP contribution in [0.2, 0.25) is 0 Å². The first kappa shape index (κ1) is 25.9. The van der Waals surface area contributed by atoms with Gasteiger partial charge in [-0.3, -0.25) is 4.79 Å².